The summed E-state index contributed by atoms with van der Waals surface area (Å²) in [4.78, 5) is 0. The quantitative estimate of drug-likeness (QED) is 0.845. The summed E-state index contributed by atoms with van der Waals surface area (Å²) in [5, 5.41) is 4.46. The molecule has 2 aromatic heterocycles. The fourth-order valence-corrected chi connectivity index (χ4v) is 2.05. The Hall–Kier alpha value is -1.55. The lowest BCUT2D eigenvalue weighted by atomic mass is 10.3. The fourth-order valence-electron chi connectivity index (χ4n) is 2.05. The van der Waals surface area contributed by atoms with Gasteiger partial charge in [0.15, 0.2) is 0 Å². The number of rotatable bonds is 5. The summed E-state index contributed by atoms with van der Waals surface area (Å²) in [6.07, 6.45) is 4.00. The summed E-state index contributed by atoms with van der Waals surface area (Å²) >= 11 is 0. The van der Waals surface area contributed by atoms with Crippen molar-refractivity contribution in [2.75, 3.05) is 6.54 Å². The molecule has 0 bridgehead atoms. The van der Waals surface area contributed by atoms with Crippen LogP contribution in [0, 0.1) is 0 Å². The maximum absolute atomic E-state index is 5.61. The van der Waals surface area contributed by atoms with Crippen LogP contribution in [-0.2, 0) is 26.4 Å². The highest BCUT2D eigenvalue weighted by Gasteiger charge is 2.06. The van der Waals surface area contributed by atoms with Gasteiger partial charge in [0.25, 0.3) is 0 Å². The van der Waals surface area contributed by atoms with Crippen molar-refractivity contribution < 1.29 is 0 Å². The first-order valence-electron chi connectivity index (χ1n) is 6.10. The van der Waals surface area contributed by atoms with Gasteiger partial charge < -0.3 is 10.3 Å². The van der Waals surface area contributed by atoms with Gasteiger partial charge in [-0.3, -0.25) is 4.68 Å². The van der Waals surface area contributed by atoms with Crippen molar-refractivity contribution >= 4 is 0 Å². The molecule has 0 aromatic carbocycles. The average molecular weight is 232 g/mol. The Balaban J connectivity index is 2.18. The van der Waals surface area contributed by atoms with Crippen LogP contribution in [0.2, 0.25) is 0 Å². The van der Waals surface area contributed by atoms with E-state index in [1.165, 1.54) is 11.4 Å². The predicted octanol–water partition coefficient (Wildman–Crippen LogP) is 1.33. The lowest BCUT2D eigenvalue weighted by Gasteiger charge is -2.08. The number of hydrogen-bond donors (Lipinski definition) is 1. The monoisotopic (exact) mass is 232 g/mol. The van der Waals surface area contributed by atoms with Crippen LogP contribution in [0.15, 0.2) is 24.4 Å². The first-order chi connectivity index (χ1) is 8.24. The molecule has 0 amide bonds. The molecule has 0 spiro atoms. The van der Waals surface area contributed by atoms with E-state index in [2.05, 4.69) is 41.0 Å². The first kappa shape index (κ1) is 11.9. The molecule has 4 heteroatoms. The zero-order chi connectivity index (χ0) is 12.3. The lowest BCUT2D eigenvalue weighted by molar-refractivity contribution is 0.645. The summed E-state index contributed by atoms with van der Waals surface area (Å²) in [6.45, 7) is 3.68. The Morgan fingerprint density at radius 3 is 2.82 bits per heavy atom. The number of nitrogens with zero attached hydrogens (tertiary/aromatic N) is 3. The normalized spacial score (nSPS) is 11.0. The minimum absolute atomic E-state index is 0.690. The van der Waals surface area contributed by atoms with Gasteiger partial charge >= 0.3 is 0 Å². The SMILES string of the molecule is CCc1cc(Cn2cccc2CCN)n(C)n1. The number of aryl methyl sites for hydroxylation is 2. The molecule has 92 valence electrons. The Morgan fingerprint density at radius 1 is 1.35 bits per heavy atom. The van der Waals surface area contributed by atoms with Crippen LogP contribution in [0.5, 0.6) is 0 Å². The lowest BCUT2D eigenvalue weighted by Crippen LogP contribution is -2.11. The molecule has 0 unspecified atom stereocenters. The fraction of sp³-hybridized carbons (Fsp3) is 0.462. The molecule has 17 heavy (non-hydrogen) atoms. The number of hydrogen-bond acceptors (Lipinski definition) is 2. The summed E-state index contributed by atoms with van der Waals surface area (Å²) in [6, 6.07) is 6.37. The highest BCUT2D eigenvalue weighted by Crippen LogP contribution is 2.10. The van der Waals surface area contributed by atoms with Gasteiger partial charge in [-0.25, -0.2) is 0 Å². The van der Waals surface area contributed by atoms with Gasteiger partial charge in [-0.2, -0.15) is 5.10 Å². The van der Waals surface area contributed by atoms with Crippen LogP contribution < -0.4 is 5.73 Å². The zero-order valence-electron chi connectivity index (χ0n) is 10.6. The van der Waals surface area contributed by atoms with Crippen molar-refractivity contribution in [2.45, 2.75) is 26.3 Å². The predicted molar refractivity (Wildman–Crippen MR) is 68.9 cm³/mol. The van der Waals surface area contributed by atoms with Gasteiger partial charge in [0.05, 0.1) is 17.9 Å². The highest BCUT2D eigenvalue weighted by atomic mass is 15.3. The summed E-state index contributed by atoms with van der Waals surface area (Å²) in [7, 11) is 2.00. The van der Waals surface area contributed by atoms with Crippen LogP contribution in [0.3, 0.4) is 0 Å². The van der Waals surface area contributed by atoms with E-state index in [1.54, 1.807) is 0 Å². The standard InChI is InChI=1S/C13H20N4/c1-3-11-9-13(16(2)15-11)10-17-8-4-5-12(17)6-7-14/h4-5,8-9H,3,6-7,10,14H2,1-2H3. The van der Waals surface area contributed by atoms with Gasteiger partial charge in [-0.05, 0) is 37.6 Å². The highest BCUT2D eigenvalue weighted by molar-refractivity contribution is 5.14. The Morgan fingerprint density at radius 2 is 2.18 bits per heavy atom. The average Bonchev–Trinajstić information content (AvgIpc) is 2.88. The van der Waals surface area contributed by atoms with Gasteiger partial charge in [0, 0.05) is 18.9 Å². The second-order valence-corrected chi connectivity index (χ2v) is 4.27. The van der Waals surface area contributed by atoms with Gasteiger partial charge in [0.2, 0.25) is 0 Å². The largest absolute Gasteiger partial charge is 0.345 e. The van der Waals surface area contributed by atoms with Gasteiger partial charge in [-0.15, -0.1) is 0 Å². The molecule has 0 radical (unpaired) electrons. The van der Waals surface area contributed by atoms with Crippen LogP contribution in [-0.4, -0.2) is 20.9 Å². The smallest absolute Gasteiger partial charge is 0.0642 e. The Bertz CT molecular complexity index is 481. The van der Waals surface area contributed by atoms with Gasteiger partial charge in [0.1, 0.15) is 0 Å². The molecule has 0 fully saturated rings. The summed E-state index contributed by atoms with van der Waals surface area (Å²) in [5.74, 6) is 0. The van der Waals surface area contributed by atoms with Crippen LogP contribution in [0.4, 0.5) is 0 Å². The molecule has 2 heterocycles. The van der Waals surface area contributed by atoms with Crippen molar-refractivity contribution in [3.8, 4) is 0 Å². The minimum atomic E-state index is 0.690. The van der Waals surface area contributed by atoms with E-state index in [9.17, 15) is 0 Å². The van der Waals surface area contributed by atoms with E-state index in [0.717, 1.165) is 25.1 Å². The van der Waals surface area contributed by atoms with Crippen molar-refractivity contribution in [1.82, 2.24) is 14.3 Å². The second kappa shape index (κ2) is 5.19. The molecular weight excluding hydrogens is 212 g/mol. The van der Waals surface area contributed by atoms with Crippen molar-refractivity contribution in [3.05, 3.63) is 41.5 Å². The van der Waals surface area contributed by atoms with E-state index < -0.39 is 0 Å². The number of nitrogens with two attached hydrogens (primary N) is 1. The summed E-state index contributed by atoms with van der Waals surface area (Å²) < 4.78 is 4.20. The molecule has 0 saturated carbocycles. The molecule has 0 aliphatic carbocycles. The van der Waals surface area contributed by atoms with E-state index in [4.69, 9.17) is 5.73 Å². The van der Waals surface area contributed by atoms with Gasteiger partial charge in [-0.1, -0.05) is 6.92 Å². The third kappa shape index (κ3) is 2.58. The van der Waals surface area contributed by atoms with Crippen LogP contribution >= 0.6 is 0 Å². The summed E-state index contributed by atoms with van der Waals surface area (Å²) in [5.41, 5.74) is 9.27. The maximum Gasteiger partial charge on any atom is 0.0642 e. The first-order valence-corrected chi connectivity index (χ1v) is 6.10. The van der Waals surface area contributed by atoms with E-state index >= 15 is 0 Å². The Kier molecular flexibility index (Phi) is 3.64. The topological polar surface area (TPSA) is 48.8 Å². The van der Waals surface area contributed by atoms with Crippen molar-refractivity contribution in [3.63, 3.8) is 0 Å². The molecule has 2 aromatic rings. The molecule has 2 rings (SSSR count). The number of aromatic nitrogens is 3. The molecule has 0 aliphatic rings. The molecular formula is C13H20N4. The van der Waals surface area contributed by atoms with E-state index in [-0.39, 0.29) is 0 Å². The molecule has 4 nitrogen and oxygen atoms in total. The third-order valence-corrected chi connectivity index (χ3v) is 3.05. The van der Waals surface area contributed by atoms with Crippen molar-refractivity contribution in [2.24, 2.45) is 12.8 Å². The molecule has 0 aliphatic heterocycles. The second-order valence-electron chi connectivity index (χ2n) is 4.27. The third-order valence-electron chi connectivity index (χ3n) is 3.05. The van der Waals surface area contributed by atoms with E-state index in [0.29, 0.717) is 6.54 Å². The molecule has 0 atom stereocenters. The zero-order valence-corrected chi connectivity index (χ0v) is 10.6. The van der Waals surface area contributed by atoms with E-state index in [1.807, 2.05) is 11.7 Å². The van der Waals surface area contributed by atoms with Crippen LogP contribution in [0.25, 0.3) is 0 Å². The van der Waals surface area contributed by atoms with Crippen molar-refractivity contribution in [1.29, 1.82) is 0 Å². The maximum atomic E-state index is 5.61. The minimum Gasteiger partial charge on any atom is -0.345 e. The molecule has 0 saturated heterocycles. The Labute approximate surface area is 102 Å². The molecule has 2 N–H and O–H groups in total. The van der Waals surface area contributed by atoms with Crippen LogP contribution in [0.1, 0.15) is 24.0 Å².